The zero-order chi connectivity index (χ0) is 11.9. The summed E-state index contributed by atoms with van der Waals surface area (Å²) in [4.78, 5) is 2.34. The zero-order valence-electron chi connectivity index (χ0n) is 9.82. The van der Waals surface area contributed by atoms with Crippen LogP contribution in [0.5, 0.6) is 0 Å². The molecule has 1 aliphatic heterocycles. The number of rotatable bonds is 6. The Labute approximate surface area is 107 Å². The van der Waals surface area contributed by atoms with Gasteiger partial charge in [0.05, 0.1) is 6.67 Å². The normalized spacial score (nSPS) is 14.4. The molecule has 4 heteroatoms. The fourth-order valence-corrected chi connectivity index (χ4v) is 2.15. The summed E-state index contributed by atoms with van der Waals surface area (Å²) in [6.07, 6.45) is 2.03. The van der Waals surface area contributed by atoms with E-state index >= 15 is 0 Å². The van der Waals surface area contributed by atoms with E-state index in [1.54, 1.807) is 0 Å². The fraction of sp³-hybridized carbons (Fsp3) is 0.385. The quantitative estimate of drug-likeness (QED) is 0.754. The van der Waals surface area contributed by atoms with E-state index in [0.29, 0.717) is 5.88 Å². The first-order valence-corrected chi connectivity index (χ1v) is 6.40. The first-order chi connectivity index (χ1) is 8.38. The lowest BCUT2D eigenvalue weighted by atomic mass is 10.2. The largest absolute Gasteiger partial charge is 0.372 e. The highest BCUT2D eigenvalue weighted by atomic mass is 35.5. The first-order valence-electron chi connectivity index (χ1n) is 5.87. The second-order valence-corrected chi connectivity index (χ2v) is 4.49. The molecule has 1 heterocycles. The second kappa shape index (κ2) is 6.52. The van der Waals surface area contributed by atoms with Gasteiger partial charge < -0.3 is 10.6 Å². The van der Waals surface area contributed by atoms with Gasteiger partial charge in [0, 0.05) is 37.4 Å². The van der Waals surface area contributed by atoms with E-state index in [2.05, 4.69) is 39.8 Å². The maximum absolute atomic E-state index is 5.85. The van der Waals surface area contributed by atoms with Gasteiger partial charge >= 0.3 is 0 Å². The summed E-state index contributed by atoms with van der Waals surface area (Å²) in [7, 11) is 0. The topological polar surface area (TPSA) is 27.3 Å². The number of alkyl halides is 1. The molecule has 2 rings (SSSR count). The third kappa shape index (κ3) is 3.95. The standard InChI is InChI=1S/C13H18ClN3/c14-6-7-17(10-13-8-15-11-16-13)9-12-4-2-1-3-5-12/h1-5,8,15-16H,6-7,9-11H2. The number of hydrogen-bond acceptors (Lipinski definition) is 3. The van der Waals surface area contributed by atoms with Gasteiger partial charge in [0.1, 0.15) is 0 Å². The summed E-state index contributed by atoms with van der Waals surface area (Å²) in [6, 6.07) is 10.5. The van der Waals surface area contributed by atoms with Crippen molar-refractivity contribution < 1.29 is 0 Å². The highest BCUT2D eigenvalue weighted by Gasteiger charge is 2.10. The van der Waals surface area contributed by atoms with Crippen molar-refractivity contribution in [1.29, 1.82) is 0 Å². The molecule has 0 aliphatic carbocycles. The van der Waals surface area contributed by atoms with Gasteiger partial charge in [-0.1, -0.05) is 30.3 Å². The Balaban J connectivity index is 1.92. The third-order valence-corrected chi connectivity index (χ3v) is 2.91. The van der Waals surface area contributed by atoms with Gasteiger partial charge in [0.15, 0.2) is 0 Å². The molecule has 3 nitrogen and oxygen atoms in total. The van der Waals surface area contributed by atoms with Gasteiger partial charge in [-0.05, 0) is 5.56 Å². The molecule has 0 atom stereocenters. The molecule has 92 valence electrons. The maximum atomic E-state index is 5.85. The van der Waals surface area contributed by atoms with E-state index < -0.39 is 0 Å². The Morgan fingerprint density at radius 3 is 2.65 bits per heavy atom. The first kappa shape index (κ1) is 12.3. The van der Waals surface area contributed by atoms with Crippen LogP contribution in [0.25, 0.3) is 0 Å². The molecule has 1 aromatic rings. The fourth-order valence-electron chi connectivity index (χ4n) is 1.91. The number of nitrogens with zero attached hydrogens (tertiary/aromatic N) is 1. The molecule has 0 saturated carbocycles. The number of benzene rings is 1. The van der Waals surface area contributed by atoms with Gasteiger partial charge in [-0.3, -0.25) is 4.90 Å². The summed E-state index contributed by atoms with van der Waals surface area (Å²) in [5.41, 5.74) is 2.55. The van der Waals surface area contributed by atoms with Crippen LogP contribution in [0.15, 0.2) is 42.2 Å². The molecule has 0 bridgehead atoms. The van der Waals surface area contributed by atoms with Gasteiger partial charge in [-0.25, -0.2) is 0 Å². The minimum atomic E-state index is 0.660. The Hall–Kier alpha value is -1.19. The smallest absolute Gasteiger partial charge is 0.0843 e. The van der Waals surface area contributed by atoms with Crippen LogP contribution in [0.1, 0.15) is 5.56 Å². The molecule has 1 aromatic carbocycles. The van der Waals surface area contributed by atoms with Gasteiger partial charge in [0.2, 0.25) is 0 Å². The molecule has 0 aromatic heterocycles. The van der Waals surface area contributed by atoms with E-state index in [0.717, 1.165) is 26.3 Å². The van der Waals surface area contributed by atoms with Crippen molar-refractivity contribution in [3.8, 4) is 0 Å². The highest BCUT2D eigenvalue weighted by Crippen LogP contribution is 2.07. The van der Waals surface area contributed by atoms with Gasteiger partial charge in [-0.15, -0.1) is 11.6 Å². The second-order valence-electron chi connectivity index (χ2n) is 4.11. The molecule has 0 spiro atoms. The molecule has 17 heavy (non-hydrogen) atoms. The summed E-state index contributed by atoms with van der Waals surface area (Å²) < 4.78 is 0. The lowest BCUT2D eigenvalue weighted by Gasteiger charge is -2.21. The van der Waals surface area contributed by atoms with Crippen molar-refractivity contribution in [3.05, 3.63) is 47.8 Å². The predicted octanol–water partition coefficient (Wildman–Crippen LogP) is 1.72. The van der Waals surface area contributed by atoms with Crippen LogP contribution in [-0.4, -0.2) is 30.5 Å². The molecule has 2 N–H and O–H groups in total. The van der Waals surface area contributed by atoms with E-state index in [9.17, 15) is 0 Å². The number of hydrogen-bond donors (Lipinski definition) is 2. The lowest BCUT2D eigenvalue weighted by Crippen LogP contribution is -2.30. The maximum Gasteiger partial charge on any atom is 0.0843 e. The van der Waals surface area contributed by atoms with Crippen molar-refractivity contribution in [2.75, 3.05) is 25.6 Å². The minimum absolute atomic E-state index is 0.660. The van der Waals surface area contributed by atoms with Crippen molar-refractivity contribution in [1.82, 2.24) is 15.5 Å². The van der Waals surface area contributed by atoms with Crippen molar-refractivity contribution in [2.24, 2.45) is 0 Å². The molecule has 1 aliphatic rings. The van der Waals surface area contributed by atoms with Crippen LogP contribution in [0, 0.1) is 0 Å². The average molecular weight is 252 g/mol. The number of nitrogens with one attached hydrogen (secondary N) is 2. The van der Waals surface area contributed by atoms with E-state index in [-0.39, 0.29) is 0 Å². The molecule has 0 saturated heterocycles. The highest BCUT2D eigenvalue weighted by molar-refractivity contribution is 6.18. The summed E-state index contributed by atoms with van der Waals surface area (Å²) in [6.45, 7) is 3.58. The van der Waals surface area contributed by atoms with E-state index in [1.807, 2.05) is 12.3 Å². The van der Waals surface area contributed by atoms with E-state index in [1.165, 1.54) is 11.3 Å². The molecule has 0 amide bonds. The van der Waals surface area contributed by atoms with Crippen LogP contribution in [0.4, 0.5) is 0 Å². The van der Waals surface area contributed by atoms with Crippen LogP contribution in [0.2, 0.25) is 0 Å². The molecular formula is C13H18ClN3. The van der Waals surface area contributed by atoms with Crippen molar-refractivity contribution in [3.63, 3.8) is 0 Å². The van der Waals surface area contributed by atoms with Crippen molar-refractivity contribution >= 4 is 11.6 Å². The Morgan fingerprint density at radius 2 is 2.00 bits per heavy atom. The molecule has 0 unspecified atom stereocenters. The summed E-state index contributed by atoms with van der Waals surface area (Å²) in [5.74, 6) is 0.660. The Morgan fingerprint density at radius 1 is 1.18 bits per heavy atom. The molecule has 0 fully saturated rings. The van der Waals surface area contributed by atoms with E-state index in [4.69, 9.17) is 11.6 Å². The lowest BCUT2D eigenvalue weighted by molar-refractivity contribution is 0.302. The summed E-state index contributed by atoms with van der Waals surface area (Å²) >= 11 is 5.85. The van der Waals surface area contributed by atoms with Gasteiger partial charge in [0.25, 0.3) is 0 Å². The zero-order valence-corrected chi connectivity index (χ0v) is 10.6. The SMILES string of the molecule is ClCCN(CC1=CNCN1)Cc1ccccc1. The summed E-state index contributed by atoms with van der Waals surface area (Å²) in [5, 5.41) is 6.45. The van der Waals surface area contributed by atoms with Crippen LogP contribution in [0.3, 0.4) is 0 Å². The van der Waals surface area contributed by atoms with Crippen LogP contribution < -0.4 is 10.6 Å². The number of halogens is 1. The minimum Gasteiger partial charge on any atom is -0.372 e. The molecular weight excluding hydrogens is 234 g/mol. The Bertz CT molecular complexity index is 364. The van der Waals surface area contributed by atoms with Crippen LogP contribution in [-0.2, 0) is 6.54 Å². The third-order valence-electron chi connectivity index (χ3n) is 2.74. The predicted molar refractivity (Wildman–Crippen MR) is 71.7 cm³/mol. The molecule has 0 radical (unpaired) electrons. The van der Waals surface area contributed by atoms with Crippen molar-refractivity contribution in [2.45, 2.75) is 6.54 Å². The van der Waals surface area contributed by atoms with Crippen LogP contribution >= 0.6 is 11.6 Å². The monoisotopic (exact) mass is 251 g/mol. The average Bonchev–Trinajstić information content (AvgIpc) is 2.83. The van der Waals surface area contributed by atoms with Gasteiger partial charge in [-0.2, -0.15) is 0 Å². The Kier molecular flexibility index (Phi) is 4.71.